The van der Waals surface area contributed by atoms with Crippen molar-refractivity contribution in [3.8, 4) is 0 Å². The molecule has 0 bridgehead atoms. The molecule has 0 radical (unpaired) electrons. The number of amides is 4. The molecule has 2 unspecified atom stereocenters. The van der Waals surface area contributed by atoms with E-state index in [1.807, 2.05) is 0 Å². The second-order valence-electron chi connectivity index (χ2n) is 4.32. The van der Waals surface area contributed by atoms with Crippen molar-refractivity contribution in [3.63, 3.8) is 0 Å². The smallest absolute Gasteiger partial charge is 0.321 e. The summed E-state index contributed by atoms with van der Waals surface area (Å²) in [5.41, 5.74) is 5.28. The van der Waals surface area contributed by atoms with E-state index in [9.17, 15) is 14.4 Å². The summed E-state index contributed by atoms with van der Waals surface area (Å²) >= 11 is 0. The van der Waals surface area contributed by atoms with Crippen LogP contribution in [0.15, 0.2) is 0 Å². The minimum absolute atomic E-state index is 0.417. The molecule has 0 spiro atoms. The van der Waals surface area contributed by atoms with Crippen LogP contribution in [0.2, 0.25) is 0 Å². The van der Waals surface area contributed by atoms with Gasteiger partial charge in [0.1, 0.15) is 0 Å². The monoisotopic (exact) mass is 256 g/mol. The third-order valence-electron chi connectivity index (χ3n) is 3.07. The van der Waals surface area contributed by atoms with E-state index >= 15 is 0 Å². The molecule has 1 fully saturated rings. The summed E-state index contributed by atoms with van der Waals surface area (Å²) in [6.07, 6.45) is 1.49. The lowest BCUT2D eigenvalue weighted by Crippen LogP contribution is -2.53. The van der Waals surface area contributed by atoms with Crippen LogP contribution < -0.4 is 16.4 Å². The average molecular weight is 256 g/mol. The second-order valence-corrected chi connectivity index (χ2v) is 4.32. The Balaban J connectivity index is 2.57. The highest BCUT2D eigenvalue weighted by Gasteiger charge is 2.35. The van der Waals surface area contributed by atoms with Gasteiger partial charge in [0.05, 0.1) is 12.1 Å². The van der Waals surface area contributed by atoms with Crippen molar-refractivity contribution in [1.82, 2.24) is 15.5 Å². The van der Waals surface area contributed by atoms with Crippen LogP contribution in [0.4, 0.5) is 4.79 Å². The highest BCUT2D eigenvalue weighted by Crippen LogP contribution is 2.19. The van der Waals surface area contributed by atoms with Crippen LogP contribution in [-0.2, 0) is 9.59 Å². The van der Waals surface area contributed by atoms with Gasteiger partial charge in [0, 0.05) is 6.54 Å². The van der Waals surface area contributed by atoms with Crippen molar-refractivity contribution < 1.29 is 14.4 Å². The fraction of sp³-hybridized carbons (Fsp3) is 0.727. The van der Waals surface area contributed by atoms with Crippen molar-refractivity contribution in [3.05, 3.63) is 0 Å². The van der Waals surface area contributed by atoms with Gasteiger partial charge >= 0.3 is 6.03 Å². The number of carbonyl (C=O) groups excluding carboxylic acids is 3. The molecule has 1 aliphatic heterocycles. The first-order chi connectivity index (χ1) is 8.47. The van der Waals surface area contributed by atoms with E-state index in [0.717, 1.165) is 6.42 Å². The Kier molecular flexibility index (Phi) is 5.08. The number of hydrogen-bond donors (Lipinski definition) is 3. The Morgan fingerprint density at radius 3 is 2.67 bits per heavy atom. The zero-order valence-electron chi connectivity index (χ0n) is 10.7. The van der Waals surface area contributed by atoms with Crippen molar-refractivity contribution in [2.24, 2.45) is 5.73 Å². The molecular weight excluding hydrogens is 236 g/mol. The van der Waals surface area contributed by atoms with Crippen molar-refractivity contribution in [1.29, 1.82) is 0 Å². The van der Waals surface area contributed by atoms with Crippen LogP contribution in [-0.4, -0.2) is 47.9 Å². The quantitative estimate of drug-likeness (QED) is 0.610. The highest BCUT2D eigenvalue weighted by molar-refractivity contribution is 5.97. The molecule has 18 heavy (non-hydrogen) atoms. The van der Waals surface area contributed by atoms with Gasteiger partial charge in [-0.15, -0.1) is 0 Å². The third kappa shape index (κ3) is 3.43. The maximum absolute atomic E-state index is 11.8. The predicted octanol–water partition coefficient (Wildman–Crippen LogP) is -0.830. The molecule has 1 rings (SSSR count). The lowest BCUT2D eigenvalue weighted by atomic mass is 10.2. The average Bonchev–Trinajstić information content (AvgIpc) is 2.76. The largest absolute Gasteiger partial charge is 0.368 e. The molecule has 0 aromatic carbocycles. The van der Waals surface area contributed by atoms with Gasteiger partial charge in [-0.2, -0.15) is 0 Å². The lowest BCUT2D eigenvalue weighted by Gasteiger charge is -2.27. The fourth-order valence-corrected chi connectivity index (χ4v) is 2.13. The molecule has 1 aliphatic rings. The number of imide groups is 1. The SMILES string of the molecule is CCNC(=O)NC(=O)C(C)N1CCCC1C(N)=O. The van der Waals surface area contributed by atoms with Crippen LogP contribution in [0, 0.1) is 0 Å². The normalized spacial score (nSPS) is 21.3. The van der Waals surface area contributed by atoms with Crippen LogP contribution in [0.3, 0.4) is 0 Å². The van der Waals surface area contributed by atoms with E-state index in [-0.39, 0.29) is 0 Å². The first kappa shape index (κ1) is 14.4. The Labute approximate surface area is 106 Å². The van der Waals surface area contributed by atoms with Crippen molar-refractivity contribution >= 4 is 17.8 Å². The van der Waals surface area contributed by atoms with E-state index in [0.29, 0.717) is 19.5 Å². The first-order valence-corrected chi connectivity index (χ1v) is 6.11. The summed E-state index contributed by atoms with van der Waals surface area (Å²) in [4.78, 5) is 36.0. The molecule has 102 valence electrons. The molecule has 7 nitrogen and oxygen atoms in total. The number of urea groups is 1. The number of rotatable bonds is 4. The minimum Gasteiger partial charge on any atom is -0.368 e. The van der Waals surface area contributed by atoms with Crippen LogP contribution in [0.25, 0.3) is 0 Å². The number of nitrogens with two attached hydrogens (primary N) is 1. The highest BCUT2D eigenvalue weighted by atomic mass is 16.2. The molecule has 1 heterocycles. The molecule has 0 aliphatic carbocycles. The van der Waals surface area contributed by atoms with Crippen molar-refractivity contribution in [2.75, 3.05) is 13.1 Å². The molecule has 7 heteroatoms. The van der Waals surface area contributed by atoms with Crippen molar-refractivity contribution in [2.45, 2.75) is 38.8 Å². The Morgan fingerprint density at radius 2 is 2.11 bits per heavy atom. The zero-order chi connectivity index (χ0) is 13.7. The summed E-state index contributed by atoms with van der Waals surface area (Å²) in [5.74, 6) is -0.848. The predicted molar refractivity (Wildman–Crippen MR) is 65.6 cm³/mol. The topological polar surface area (TPSA) is 105 Å². The van der Waals surface area contributed by atoms with Gasteiger partial charge < -0.3 is 11.1 Å². The van der Waals surface area contributed by atoms with E-state index in [1.165, 1.54) is 0 Å². The summed E-state index contributed by atoms with van der Waals surface area (Å²) in [6, 6.07) is -1.49. The zero-order valence-corrected chi connectivity index (χ0v) is 10.7. The Morgan fingerprint density at radius 1 is 1.44 bits per heavy atom. The van der Waals surface area contributed by atoms with E-state index < -0.39 is 29.9 Å². The lowest BCUT2D eigenvalue weighted by molar-refractivity contribution is -0.128. The van der Waals surface area contributed by atoms with Crippen LogP contribution in [0.5, 0.6) is 0 Å². The maximum Gasteiger partial charge on any atom is 0.321 e. The van der Waals surface area contributed by atoms with Gasteiger partial charge in [-0.05, 0) is 33.2 Å². The van der Waals surface area contributed by atoms with E-state index in [4.69, 9.17) is 5.73 Å². The Bertz CT molecular complexity index is 345. The molecule has 0 aromatic heterocycles. The minimum atomic E-state index is -0.549. The van der Waals surface area contributed by atoms with Crippen LogP contribution >= 0.6 is 0 Å². The third-order valence-corrected chi connectivity index (χ3v) is 3.07. The summed E-state index contributed by atoms with van der Waals surface area (Å²) < 4.78 is 0. The van der Waals surface area contributed by atoms with Gasteiger partial charge in [0.2, 0.25) is 11.8 Å². The fourth-order valence-electron chi connectivity index (χ4n) is 2.13. The summed E-state index contributed by atoms with van der Waals surface area (Å²) in [7, 11) is 0. The number of likely N-dealkylation sites (tertiary alicyclic amines) is 1. The first-order valence-electron chi connectivity index (χ1n) is 6.11. The van der Waals surface area contributed by atoms with Gasteiger partial charge in [-0.3, -0.25) is 19.8 Å². The van der Waals surface area contributed by atoms with E-state index in [2.05, 4.69) is 10.6 Å². The summed E-state index contributed by atoms with van der Waals surface area (Å²) in [6.45, 7) is 4.51. The molecule has 0 saturated carbocycles. The number of nitrogens with zero attached hydrogens (tertiary/aromatic N) is 1. The van der Waals surface area contributed by atoms with Gasteiger partial charge in [0.25, 0.3) is 0 Å². The number of nitrogens with one attached hydrogen (secondary N) is 2. The van der Waals surface area contributed by atoms with Gasteiger partial charge in [0.15, 0.2) is 0 Å². The number of primary amides is 1. The van der Waals surface area contributed by atoms with Gasteiger partial charge in [-0.1, -0.05) is 0 Å². The number of carbonyl (C=O) groups is 3. The molecule has 4 amide bonds. The summed E-state index contributed by atoms with van der Waals surface area (Å²) in [5, 5.41) is 4.71. The van der Waals surface area contributed by atoms with Gasteiger partial charge in [-0.25, -0.2) is 4.79 Å². The second kappa shape index (κ2) is 6.34. The molecule has 0 aromatic rings. The Hall–Kier alpha value is -1.63. The van der Waals surface area contributed by atoms with E-state index in [1.54, 1.807) is 18.7 Å². The molecule has 1 saturated heterocycles. The number of hydrogen-bond acceptors (Lipinski definition) is 4. The standard InChI is InChI=1S/C11H20N4O3/c1-3-13-11(18)14-10(17)7(2)15-6-4-5-8(15)9(12)16/h7-8H,3-6H2,1-2H3,(H2,12,16)(H2,13,14,17,18). The van der Waals surface area contributed by atoms with Crippen LogP contribution in [0.1, 0.15) is 26.7 Å². The molecular formula is C11H20N4O3. The molecule has 2 atom stereocenters. The maximum atomic E-state index is 11.8. The molecule has 4 N–H and O–H groups in total.